The first kappa shape index (κ1) is 14.2. The van der Waals surface area contributed by atoms with Crippen molar-refractivity contribution in [2.45, 2.75) is 19.4 Å². The van der Waals surface area contributed by atoms with Crippen LogP contribution in [0.2, 0.25) is 0 Å². The Bertz CT molecular complexity index is 569. The summed E-state index contributed by atoms with van der Waals surface area (Å²) in [5.41, 5.74) is 6.09. The normalized spacial score (nSPS) is 18.2. The Hall–Kier alpha value is -2.24. The Kier molecular flexibility index (Phi) is 3.33. The van der Waals surface area contributed by atoms with Gasteiger partial charge in [-0.1, -0.05) is 0 Å². The fourth-order valence-corrected chi connectivity index (χ4v) is 2.59. The van der Waals surface area contributed by atoms with Crippen LogP contribution in [-0.4, -0.2) is 47.6 Å². The number of piperazine rings is 1. The molecule has 1 amide bonds. The predicted octanol–water partition coefficient (Wildman–Crippen LogP) is 1.02. The maximum Gasteiger partial charge on any atom is 0.337 e. The maximum atomic E-state index is 12.3. The molecule has 0 unspecified atom stereocenters. The monoisotopic (exact) mass is 277 g/mol. The lowest BCUT2D eigenvalue weighted by atomic mass is 9.95. The van der Waals surface area contributed by atoms with E-state index in [2.05, 4.69) is 0 Å². The largest absolute Gasteiger partial charge is 0.478 e. The summed E-state index contributed by atoms with van der Waals surface area (Å²) < 4.78 is 0. The van der Waals surface area contributed by atoms with Gasteiger partial charge in [-0.3, -0.25) is 4.79 Å². The molecule has 20 heavy (non-hydrogen) atoms. The molecule has 0 aliphatic carbocycles. The van der Waals surface area contributed by atoms with Gasteiger partial charge in [0.1, 0.15) is 5.54 Å². The number of nitrogen functional groups attached to an aromatic ring is 1. The van der Waals surface area contributed by atoms with Crippen LogP contribution < -0.4 is 10.6 Å². The smallest absolute Gasteiger partial charge is 0.337 e. The third-order valence-corrected chi connectivity index (χ3v) is 3.75. The van der Waals surface area contributed by atoms with Gasteiger partial charge < -0.3 is 20.6 Å². The lowest BCUT2D eigenvalue weighted by Crippen LogP contribution is -2.62. The number of carbonyl (C=O) groups is 2. The first-order chi connectivity index (χ1) is 9.25. The zero-order valence-electron chi connectivity index (χ0n) is 11.9. The topological polar surface area (TPSA) is 86.9 Å². The zero-order valence-corrected chi connectivity index (χ0v) is 11.9. The summed E-state index contributed by atoms with van der Waals surface area (Å²) in [6.07, 6.45) is 0. The zero-order chi connectivity index (χ0) is 15.1. The average molecular weight is 277 g/mol. The number of anilines is 2. The van der Waals surface area contributed by atoms with Gasteiger partial charge in [0.2, 0.25) is 5.91 Å². The van der Waals surface area contributed by atoms with Crippen molar-refractivity contribution in [1.29, 1.82) is 0 Å². The Labute approximate surface area is 117 Å². The minimum Gasteiger partial charge on any atom is -0.478 e. The van der Waals surface area contributed by atoms with Gasteiger partial charge >= 0.3 is 5.97 Å². The molecule has 1 fully saturated rings. The maximum absolute atomic E-state index is 12.3. The molecule has 0 atom stereocenters. The highest BCUT2D eigenvalue weighted by atomic mass is 16.4. The Morgan fingerprint density at radius 2 is 2.00 bits per heavy atom. The van der Waals surface area contributed by atoms with E-state index >= 15 is 0 Å². The highest BCUT2D eigenvalue weighted by Gasteiger charge is 2.41. The molecule has 1 aromatic carbocycles. The molecule has 0 aromatic heterocycles. The van der Waals surface area contributed by atoms with Gasteiger partial charge in [0.15, 0.2) is 0 Å². The van der Waals surface area contributed by atoms with Crippen LogP contribution in [0, 0.1) is 0 Å². The van der Waals surface area contributed by atoms with E-state index in [1.807, 2.05) is 4.90 Å². The number of amides is 1. The van der Waals surface area contributed by atoms with Gasteiger partial charge in [0.25, 0.3) is 0 Å². The van der Waals surface area contributed by atoms with Crippen molar-refractivity contribution in [2.75, 3.05) is 30.8 Å². The Morgan fingerprint density at radius 1 is 1.35 bits per heavy atom. The number of carboxylic acids is 1. The van der Waals surface area contributed by atoms with Gasteiger partial charge in [-0.25, -0.2) is 4.79 Å². The molecule has 2 rings (SSSR count). The standard InChI is InChI=1S/C14H19N3O3/c1-14(2)13(20)16(3)6-7-17(14)11-8-9(15)4-5-10(11)12(18)19/h4-5,8H,6-7,15H2,1-3H3,(H,18,19). The van der Waals surface area contributed by atoms with Gasteiger partial charge in [0.05, 0.1) is 11.3 Å². The van der Waals surface area contributed by atoms with Crippen molar-refractivity contribution < 1.29 is 14.7 Å². The molecule has 1 aliphatic heterocycles. The lowest BCUT2D eigenvalue weighted by molar-refractivity contribution is -0.136. The van der Waals surface area contributed by atoms with Gasteiger partial charge in [0, 0.05) is 25.8 Å². The minimum absolute atomic E-state index is 0.0393. The average Bonchev–Trinajstić information content (AvgIpc) is 2.35. The summed E-state index contributed by atoms with van der Waals surface area (Å²) in [4.78, 5) is 27.1. The summed E-state index contributed by atoms with van der Waals surface area (Å²) >= 11 is 0. The van der Waals surface area contributed by atoms with Crippen molar-refractivity contribution in [3.05, 3.63) is 23.8 Å². The molecule has 108 valence electrons. The molecule has 0 saturated carbocycles. The number of benzene rings is 1. The molecule has 1 heterocycles. The molecular formula is C14H19N3O3. The summed E-state index contributed by atoms with van der Waals surface area (Å²) in [7, 11) is 1.75. The van der Waals surface area contributed by atoms with E-state index in [0.29, 0.717) is 24.5 Å². The number of rotatable bonds is 2. The van der Waals surface area contributed by atoms with E-state index in [-0.39, 0.29) is 11.5 Å². The molecule has 0 radical (unpaired) electrons. The van der Waals surface area contributed by atoms with E-state index in [0.717, 1.165) is 0 Å². The van der Waals surface area contributed by atoms with Crippen LogP contribution >= 0.6 is 0 Å². The van der Waals surface area contributed by atoms with E-state index in [9.17, 15) is 14.7 Å². The third-order valence-electron chi connectivity index (χ3n) is 3.75. The molecule has 1 aromatic rings. The molecular weight excluding hydrogens is 258 g/mol. The summed E-state index contributed by atoms with van der Waals surface area (Å²) in [6, 6.07) is 4.65. The molecule has 3 N–H and O–H groups in total. The van der Waals surface area contributed by atoms with Crippen molar-refractivity contribution in [2.24, 2.45) is 0 Å². The first-order valence-corrected chi connectivity index (χ1v) is 6.41. The molecule has 0 spiro atoms. The van der Waals surface area contributed by atoms with Crippen molar-refractivity contribution in [3.63, 3.8) is 0 Å². The Morgan fingerprint density at radius 3 is 2.60 bits per heavy atom. The van der Waals surface area contributed by atoms with Crippen LogP contribution in [0.25, 0.3) is 0 Å². The van der Waals surface area contributed by atoms with Crippen LogP contribution in [0.3, 0.4) is 0 Å². The SMILES string of the molecule is CN1CCN(c2cc(N)ccc2C(=O)O)C(C)(C)C1=O. The number of aromatic carboxylic acids is 1. The fraction of sp³-hybridized carbons (Fsp3) is 0.429. The molecule has 1 saturated heterocycles. The summed E-state index contributed by atoms with van der Waals surface area (Å²) in [5, 5.41) is 9.31. The van der Waals surface area contributed by atoms with Gasteiger partial charge in [-0.15, -0.1) is 0 Å². The van der Waals surface area contributed by atoms with Crippen LogP contribution in [-0.2, 0) is 4.79 Å². The summed E-state index contributed by atoms with van der Waals surface area (Å²) in [6.45, 7) is 4.70. The first-order valence-electron chi connectivity index (χ1n) is 6.41. The van der Waals surface area contributed by atoms with Crippen molar-refractivity contribution in [3.8, 4) is 0 Å². The lowest BCUT2D eigenvalue weighted by Gasteiger charge is -2.46. The predicted molar refractivity (Wildman–Crippen MR) is 76.9 cm³/mol. The number of carboxylic acid groups (broad SMARTS) is 1. The van der Waals surface area contributed by atoms with Crippen molar-refractivity contribution >= 4 is 23.3 Å². The van der Waals surface area contributed by atoms with E-state index in [4.69, 9.17) is 5.73 Å². The van der Waals surface area contributed by atoms with Crippen LogP contribution in [0.15, 0.2) is 18.2 Å². The number of nitrogens with zero attached hydrogens (tertiary/aromatic N) is 2. The second-order valence-corrected chi connectivity index (χ2v) is 5.52. The number of nitrogens with two attached hydrogens (primary N) is 1. The van der Waals surface area contributed by atoms with E-state index in [1.54, 1.807) is 37.9 Å². The van der Waals surface area contributed by atoms with E-state index < -0.39 is 11.5 Å². The van der Waals surface area contributed by atoms with Crippen LogP contribution in [0.5, 0.6) is 0 Å². The van der Waals surface area contributed by atoms with Gasteiger partial charge in [-0.2, -0.15) is 0 Å². The minimum atomic E-state index is -1.03. The summed E-state index contributed by atoms with van der Waals surface area (Å²) in [5.74, 6) is -1.07. The highest BCUT2D eigenvalue weighted by molar-refractivity contribution is 5.98. The second kappa shape index (κ2) is 4.70. The Balaban J connectivity index is 2.53. The number of likely N-dealkylation sites (N-methyl/N-ethyl adjacent to an activating group) is 1. The van der Waals surface area contributed by atoms with Crippen molar-refractivity contribution in [1.82, 2.24) is 4.90 Å². The fourth-order valence-electron chi connectivity index (χ4n) is 2.59. The van der Waals surface area contributed by atoms with Crippen LogP contribution in [0.1, 0.15) is 24.2 Å². The number of carbonyl (C=O) groups excluding carboxylic acids is 1. The molecule has 1 aliphatic rings. The third kappa shape index (κ3) is 2.17. The molecule has 0 bridgehead atoms. The van der Waals surface area contributed by atoms with Crippen LogP contribution in [0.4, 0.5) is 11.4 Å². The number of hydrogen-bond donors (Lipinski definition) is 2. The quantitative estimate of drug-likeness (QED) is 0.788. The number of hydrogen-bond acceptors (Lipinski definition) is 4. The van der Waals surface area contributed by atoms with Gasteiger partial charge in [-0.05, 0) is 32.0 Å². The highest BCUT2D eigenvalue weighted by Crippen LogP contribution is 2.32. The second-order valence-electron chi connectivity index (χ2n) is 5.52. The molecule has 6 heteroatoms. The van der Waals surface area contributed by atoms with E-state index in [1.165, 1.54) is 6.07 Å². The molecule has 6 nitrogen and oxygen atoms in total.